The van der Waals surface area contributed by atoms with Gasteiger partial charge in [0, 0.05) is 19.5 Å². The molecule has 0 bridgehead atoms. The van der Waals surface area contributed by atoms with Crippen LogP contribution in [0.2, 0.25) is 0 Å². The minimum atomic E-state index is -0.158. The van der Waals surface area contributed by atoms with E-state index in [1.165, 1.54) is 5.56 Å². The number of benzene rings is 2. The lowest BCUT2D eigenvalue weighted by molar-refractivity contribution is -0.114. The van der Waals surface area contributed by atoms with Gasteiger partial charge in [-0.1, -0.05) is 65.8 Å². The summed E-state index contributed by atoms with van der Waals surface area (Å²) in [6.45, 7) is 2.46. The van der Waals surface area contributed by atoms with Crippen molar-refractivity contribution < 1.29 is 9.63 Å². The number of carbonyl (C=O) groups is 1. The highest BCUT2D eigenvalue weighted by molar-refractivity contribution is 6.39. The first-order valence-electron chi connectivity index (χ1n) is 9.00. The van der Waals surface area contributed by atoms with E-state index in [2.05, 4.69) is 46.7 Å². The zero-order valence-electron chi connectivity index (χ0n) is 15.1. The molecule has 1 aliphatic heterocycles. The molecule has 0 spiro atoms. The molecule has 136 valence electrons. The predicted molar refractivity (Wildman–Crippen MR) is 103 cm³/mol. The summed E-state index contributed by atoms with van der Waals surface area (Å²) in [5, 5.41) is 6.90. The van der Waals surface area contributed by atoms with Crippen molar-refractivity contribution in [3.8, 4) is 0 Å². The number of rotatable bonds is 8. The molecule has 1 N–H and O–H groups in total. The summed E-state index contributed by atoms with van der Waals surface area (Å²) in [6.07, 6.45) is 1.25. The van der Waals surface area contributed by atoms with Gasteiger partial charge in [0.25, 0.3) is 5.91 Å². The Bertz CT molecular complexity index is 731. The zero-order valence-corrected chi connectivity index (χ0v) is 15.1. The van der Waals surface area contributed by atoms with Gasteiger partial charge in [0.15, 0.2) is 6.10 Å². The van der Waals surface area contributed by atoms with Crippen LogP contribution < -0.4 is 5.32 Å². The van der Waals surface area contributed by atoms with Crippen molar-refractivity contribution in [1.82, 2.24) is 10.2 Å². The fourth-order valence-electron chi connectivity index (χ4n) is 2.99. The van der Waals surface area contributed by atoms with Crippen LogP contribution in [0.15, 0.2) is 65.8 Å². The average molecular weight is 351 g/mol. The van der Waals surface area contributed by atoms with E-state index in [9.17, 15) is 4.79 Å². The van der Waals surface area contributed by atoms with Gasteiger partial charge in [-0.2, -0.15) is 0 Å². The van der Waals surface area contributed by atoms with E-state index in [-0.39, 0.29) is 12.0 Å². The van der Waals surface area contributed by atoms with E-state index in [4.69, 9.17) is 4.84 Å². The molecule has 26 heavy (non-hydrogen) atoms. The zero-order chi connectivity index (χ0) is 18.2. The monoisotopic (exact) mass is 351 g/mol. The van der Waals surface area contributed by atoms with E-state index in [1.807, 2.05) is 36.4 Å². The quantitative estimate of drug-likeness (QED) is 0.744. The molecule has 3 rings (SSSR count). The Kier molecular flexibility index (Phi) is 6.39. The Morgan fingerprint density at radius 2 is 1.85 bits per heavy atom. The molecule has 1 unspecified atom stereocenters. The van der Waals surface area contributed by atoms with Gasteiger partial charge >= 0.3 is 0 Å². The third kappa shape index (κ3) is 5.17. The average Bonchev–Trinajstić information content (AvgIpc) is 3.17. The molecule has 2 aromatic rings. The van der Waals surface area contributed by atoms with Crippen LogP contribution in [0.3, 0.4) is 0 Å². The minimum Gasteiger partial charge on any atom is -0.387 e. The van der Waals surface area contributed by atoms with Crippen molar-refractivity contribution in [3.05, 3.63) is 71.8 Å². The summed E-state index contributed by atoms with van der Waals surface area (Å²) in [5.41, 5.74) is 2.81. The predicted octanol–water partition coefficient (Wildman–Crippen LogP) is 3.14. The lowest BCUT2D eigenvalue weighted by Gasteiger charge is -2.16. The summed E-state index contributed by atoms with van der Waals surface area (Å²) in [7, 11) is 2.09. The first kappa shape index (κ1) is 18.1. The number of oxime groups is 1. The number of nitrogens with one attached hydrogen (secondary N) is 1. The molecule has 1 amide bonds. The molecule has 2 aromatic carbocycles. The maximum atomic E-state index is 12.2. The Hall–Kier alpha value is -2.66. The molecular weight excluding hydrogens is 326 g/mol. The normalized spacial score (nSPS) is 16.2. The van der Waals surface area contributed by atoms with Crippen LogP contribution in [0.1, 0.15) is 30.1 Å². The Labute approximate surface area is 154 Å². The highest BCUT2D eigenvalue weighted by atomic mass is 16.6. The highest BCUT2D eigenvalue weighted by Gasteiger charge is 2.26. The van der Waals surface area contributed by atoms with Crippen molar-refractivity contribution in [2.75, 3.05) is 20.1 Å². The third-order valence-electron chi connectivity index (χ3n) is 4.40. The van der Waals surface area contributed by atoms with Gasteiger partial charge in [-0.15, -0.1) is 0 Å². The fourth-order valence-corrected chi connectivity index (χ4v) is 2.99. The van der Waals surface area contributed by atoms with Gasteiger partial charge in [0.05, 0.1) is 0 Å². The maximum absolute atomic E-state index is 12.2. The summed E-state index contributed by atoms with van der Waals surface area (Å²) < 4.78 is 0. The smallest absolute Gasteiger partial charge is 0.269 e. The molecule has 5 nitrogen and oxygen atoms in total. The Morgan fingerprint density at radius 1 is 1.15 bits per heavy atom. The van der Waals surface area contributed by atoms with Crippen LogP contribution in [0.4, 0.5) is 0 Å². The molecular formula is C21H25N3O2. The summed E-state index contributed by atoms with van der Waals surface area (Å²) in [5.74, 6) is -0.130. The van der Waals surface area contributed by atoms with Gasteiger partial charge in [-0.3, -0.25) is 4.79 Å². The van der Waals surface area contributed by atoms with Crippen molar-refractivity contribution in [2.45, 2.75) is 25.5 Å². The lowest BCUT2D eigenvalue weighted by atomic mass is 10.0. The van der Waals surface area contributed by atoms with Crippen LogP contribution in [-0.2, 0) is 16.2 Å². The maximum Gasteiger partial charge on any atom is 0.269 e. The molecule has 0 saturated carbocycles. The molecule has 0 aromatic heterocycles. The SMILES string of the molecule is CN(CCCNC(=O)C1=NOC(c2ccccc2)C1)Cc1ccccc1. The van der Waals surface area contributed by atoms with E-state index < -0.39 is 0 Å². The van der Waals surface area contributed by atoms with Crippen LogP contribution in [-0.4, -0.2) is 36.7 Å². The minimum absolute atomic E-state index is 0.130. The Balaban J connectivity index is 1.34. The van der Waals surface area contributed by atoms with Crippen molar-refractivity contribution in [2.24, 2.45) is 5.16 Å². The Morgan fingerprint density at radius 3 is 2.58 bits per heavy atom. The second-order valence-corrected chi connectivity index (χ2v) is 6.58. The number of nitrogens with zero attached hydrogens (tertiary/aromatic N) is 2. The van der Waals surface area contributed by atoms with Crippen LogP contribution >= 0.6 is 0 Å². The molecule has 0 saturated heterocycles. The largest absolute Gasteiger partial charge is 0.387 e. The van der Waals surface area contributed by atoms with Gasteiger partial charge in [0.2, 0.25) is 0 Å². The lowest BCUT2D eigenvalue weighted by Crippen LogP contribution is -2.32. The second-order valence-electron chi connectivity index (χ2n) is 6.58. The standard InChI is InChI=1S/C21H25N3O2/c1-24(16-17-9-4-2-5-10-17)14-8-13-22-21(25)19-15-20(26-23-19)18-11-6-3-7-12-18/h2-7,9-12,20H,8,13-16H2,1H3,(H,22,25). The highest BCUT2D eigenvalue weighted by Crippen LogP contribution is 2.26. The number of carbonyl (C=O) groups excluding carboxylic acids is 1. The van der Waals surface area contributed by atoms with Crippen molar-refractivity contribution in [3.63, 3.8) is 0 Å². The molecule has 0 fully saturated rings. The molecule has 0 aliphatic carbocycles. The van der Waals surface area contributed by atoms with Crippen molar-refractivity contribution in [1.29, 1.82) is 0 Å². The summed E-state index contributed by atoms with van der Waals surface area (Å²) >= 11 is 0. The first-order valence-corrected chi connectivity index (χ1v) is 9.00. The number of hydrogen-bond donors (Lipinski definition) is 1. The molecule has 5 heteroatoms. The topological polar surface area (TPSA) is 53.9 Å². The van der Waals surface area contributed by atoms with Gasteiger partial charge < -0.3 is 15.1 Å². The molecule has 1 aliphatic rings. The van der Waals surface area contributed by atoms with Gasteiger partial charge in [-0.05, 0) is 31.1 Å². The van der Waals surface area contributed by atoms with E-state index in [1.54, 1.807) is 0 Å². The third-order valence-corrected chi connectivity index (χ3v) is 4.40. The van der Waals surface area contributed by atoms with E-state index >= 15 is 0 Å². The van der Waals surface area contributed by atoms with E-state index in [0.29, 0.717) is 18.7 Å². The van der Waals surface area contributed by atoms with Crippen LogP contribution in [0, 0.1) is 0 Å². The number of amides is 1. The molecule has 1 atom stereocenters. The molecule has 1 heterocycles. The summed E-state index contributed by atoms with van der Waals surface area (Å²) in [6, 6.07) is 20.2. The molecule has 0 radical (unpaired) electrons. The van der Waals surface area contributed by atoms with E-state index in [0.717, 1.165) is 25.1 Å². The fraction of sp³-hybridized carbons (Fsp3) is 0.333. The van der Waals surface area contributed by atoms with Crippen LogP contribution in [0.5, 0.6) is 0 Å². The van der Waals surface area contributed by atoms with Crippen molar-refractivity contribution >= 4 is 11.6 Å². The summed E-state index contributed by atoms with van der Waals surface area (Å²) in [4.78, 5) is 19.9. The van der Waals surface area contributed by atoms with Crippen LogP contribution in [0.25, 0.3) is 0 Å². The first-order chi connectivity index (χ1) is 12.7. The number of hydrogen-bond acceptors (Lipinski definition) is 4. The van der Waals surface area contributed by atoms with Gasteiger partial charge in [0.1, 0.15) is 5.71 Å². The second kappa shape index (κ2) is 9.15. The van der Waals surface area contributed by atoms with Gasteiger partial charge in [-0.25, -0.2) is 0 Å².